The Bertz CT molecular complexity index is 1110. The molecule has 5 rings (SSSR count). The fourth-order valence-corrected chi connectivity index (χ4v) is 8.50. The second kappa shape index (κ2) is 11.2. The quantitative estimate of drug-likeness (QED) is 0.478. The molecule has 3 aliphatic carbocycles. The molecule has 3 saturated carbocycles. The van der Waals surface area contributed by atoms with Gasteiger partial charge in [-0.05, 0) is 80.6 Å². The maximum Gasteiger partial charge on any atom is 0.357 e. The molecule has 1 aromatic rings. The van der Waals surface area contributed by atoms with Crippen LogP contribution in [0.25, 0.3) is 0 Å². The Hall–Kier alpha value is -2.75. The Morgan fingerprint density at radius 2 is 1.92 bits per heavy atom. The summed E-state index contributed by atoms with van der Waals surface area (Å²) in [5.41, 5.74) is 4.92. The molecule has 10 heteroatoms. The molecule has 38 heavy (non-hydrogen) atoms. The number of nitrogens with one attached hydrogen (secondary N) is 2. The van der Waals surface area contributed by atoms with Crippen molar-refractivity contribution in [3.63, 3.8) is 0 Å². The lowest BCUT2D eigenvalue weighted by molar-refractivity contribution is -0.123. The van der Waals surface area contributed by atoms with Crippen molar-refractivity contribution in [2.45, 2.75) is 78.7 Å². The average Bonchev–Trinajstić information content (AvgIpc) is 3.44. The predicted octanol–water partition coefficient (Wildman–Crippen LogP) is 4.05. The maximum absolute atomic E-state index is 12.9. The van der Waals surface area contributed by atoms with Gasteiger partial charge in [-0.3, -0.25) is 14.4 Å². The summed E-state index contributed by atoms with van der Waals surface area (Å²) in [4.78, 5) is 50.2. The van der Waals surface area contributed by atoms with E-state index in [2.05, 4.69) is 41.3 Å². The number of hydrogen-bond acceptors (Lipinski definition) is 7. The van der Waals surface area contributed by atoms with E-state index in [1.807, 2.05) is 0 Å². The van der Waals surface area contributed by atoms with Crippen molar-refractivity contribution in [2.24, 2.45) is 40.2 Å². The van der Waals surface area contributed by atoms with E-state index in [0.717, 1.165) is 32.1 Å². The normalized spacial score (nSPS) is 34.9. The van der Waals surface area contributed by atoms with Gasteiger partial charge < -0.3 is 21.1 Å². The number of hydrogen-bond donors (Lipinski definition) is 3. The SMILES string of the molecule is CC(N)=O.CCOC(=O)c1csc(NC(=O)C[C@H]2CCC3C4CC[C@H]5NC(=O)C=C[C@]5(C)C4CC[C@@]32C)n1. The Morgan fingerprint density at radius 3 is 2.63 bits per heavy atom. The molecule has 9 nitrogen and oxygen atoms in total. The summed E-state index contributed by atoms with van der Waals surface area (Å²) in [5, 5.41) is 8.21. The van der Waals surface area contributed by atoms with Gasteiger partial charge in [0.15, 0.2) is 10.8 Å². The van der Waals surface area contributed by atoms with Gasteiger partial charge in [0.25, 0.3) is 0 Å². The molecule has 1 aromatic heterocycles. The number of amides is 3. The van der Waals surface area contributed by atoms with E-state index in [9.17, 15) is 19.2 Å². The highest BCUT2D eigenvalue weighted by Gasteiger charge is 2.59. The number of nitrogens with zero attached hydrogens (tertiary/aromatic N) is 1. The Kier molecular flexibility index (Phi) is 8.30. The Morgan fingerprint density at radius 1 is 1.18 bits per heavy atom. The van der Waals surface area contributed by atoms with Crippen molar-refractivity contribution in [1.29, 1.82) is 0 Å². The number of primary amides is 1. The Balaban J connectivity index is 0.000000786. The molecule has 208 valence electrons. The van der Waals surface area contributed by atoms with Crippen molar-refractivity contribution in [3.8, 4) is 0 Å². The summed E-state index contributed by atoms with van der Waals surface area (Å²) >= 11 is 1.26. The minimum Gasteiger partial charge on any atom is -0.461 e. The first-order valence-corrected chi connectivity index (χ1v) is 14.5. The monoisotopic (exact) mass is 544 g/mol. The summed E-state index contributed by atoms with van der Waals surface area (Å²) in [5.74, 6) is 1.45. The average molecular weight is 545 g/mol. The number of nitrogens with two attached hydrogens (primary N) is 1. The van der Waals surface area contributed by atoms with Crippen LogP contribution >= 0.6 is 11.3 Å². The smallest absolute Gasteiger partial charge is 0.357 e. The lowest BCUT2D eigenvalue weighted by Crippen LogP contribution is -2.59. The van der Waals surface area contributed by atoms with Gasteiger partial charge in [-0.1, -0.05) is 19.9 Å². The van der Waals surface area contributed by atoms with E-state index in [1.165, 1.54) is 24.7 Å². The van der Waals surface area contributed by atoms with E-state index in [-0.39, 0.29) is 40.3 Å². The van der Waals surface area contributed by atoms with Crippen LogP contribution in [-0.2, 0) is 19.1 Å². The minimum absolute atomic E-state index is 0.0210. The number of anilines is 1. The standard InChI is InChI=1S/C26H35N3O4S.C2H5NO/c1-4-33-23(32)19-14-34-24(27-19)29-22(31)13-15-5-7-17-16-6-8-20-26(3,12-10-21(30)28-20)18(16)9-11-25(15,17)2;1-2(3)4/h10,12,14-18,20H,4-9,11,13H2,1-3H3,(H,28,30)(H,27,29,31);1H3,(H2,3,4)/t15-,16?,17?,18?,20-,25-,26-;/m1./s1. The second-order valence-corrected chi connectivity index (χ2v) is 12.5. The zero-order valence-electron chi connectivity index (χ0n) is 22.7. The lowest BCUT2D eigenvalue weighted by atomic mass is 9.48. The van der Waals surface area contributed by atoms with Crippen LogP contribution in [0.4, 0.5) is 5.13 Å². The topological polar surface area (TPSA) is 140 Å². The molecule has 3 amide bonds. The molecular weight excluding hydrogens is 504 g/mol. The number of aromatic nitrogens is 1. The minimum atomic E-state index is -0.460. The molecule has 0 aromatic carbocycles. The molecule has 3 fully saturated rings. The molecule has 0 radical (unpaired) electrons. The van der Waals surface area contributed by atoms with Crippen LogP contribution in [0.15, 0.2) is 17.5 Å². The largest absolute Gasteiger partial charge is 0.461 e. The van der Waals surface area contributed by atoms with E-state index in [1.54, 1.807) is 18.4 Å². The molecular formula is C28H40N4O5S. The molecule has 7 atom stereocenters. The predicted molar refractivity (Wildman–Crippen MR) is 145 cm³/mol. The van der Waals surface area contributed by atoms with Crippen molar-refractivity contribution >= 4 is 40.2 Å². The van der Waals surface area contributed by atoms with Crippen molar-refractivity contribution in [3.05, 3.63) is 23.2 Å². The van der Waals surface area contributed by atoms with Crippen molar-refractivity contribution in [2.75, 3.05) is 11.9 Å². The highest BCUT2D eigenvalue weighted by Crippen LogP contribution is 2.65. The molecule has 4 N–H and O–H groups in total. The van der Waals surface area contributed by atoms with Gasteiger partial charge in [-0.25, -0.2) is 9.78 Å². The summed E-state index contributed by atoms with van der Waals surface area (Å²) in [6.07, 6.45) is 11.2. The lowest BCUT2D eigenvalue weighted by Gasteiger charge is -2.59. The number of fused-ring (bicyclic) bond motifs is 5. The molecule has 0 saturated heterocycles. The van der Waals surface area contributed by atoms with Crippen LogP contribution in [-0.4, -0.2) is 41.3 Å². The highest BCUT2D eigenvalue weighted by atomic mass is 32.1. The van der Waals surface area contributed by atoms with Gasteiger partial charge in [0, 0.05) is 30.2 Å². The van der Waals surface area contributed by atoms with Crippen LogP contribution in [0.5, 0.6) is 0 Å². The number of carbonyl (C=O) groups is 4. The summed E-state index contributed by atoms with van der Waals surface area (Å²) in [6, 6.07) is 0.247. The summed E-state index contributed by atoms with van der Waals surface area (Å²) in [6.45, 7) is 8.11. The van der Waals surface area contributed by atoms with E-state index in [4.69, 9.17) is 4.74 Å². The van der Waals surface area contributed by atoms with E-state index < -0.39 is 5.97 Å². The third-order valence-corrected chi connectivity index (χ3v) is 10.3. The number of ether oxygens (including phenoxy) is 1. The first-order chi connectivity index (χ1) is 18.0. The number of rotatable bonds is 5. The van der Waals surface area contributed by atoms with E-state index >= 15 is 0 Å². The molecule has 1 aliphatic heterocycles. The van der Waals surface area contributed by atoms with Crippen LogP contribution in [0, 0.1) is 34.5 Å². The van der Waals surface area contributed by atoms with Crippen molar-refractivity contribution in [1.82, 2.24) is 10.3 Å². The first-order valence-electron chi connectivity index (χ1n) is 13.7. The first kappa shape index (κ1) is 28.3. The third-order valence-electron chi connectivity index (χ3n) is 9.55. The fraction of sp³-hybridized carbons (Fsp3) is 0.679. The number of carbonyl (C=O) groups excluding carboxylic acids is 4. The summed E-state index contributed by atoms with van der Waals surface area (Å²) in [7, 11) is 0. The zero-order chi connectivity index (χ0) is 27.7. The Labute approximate surface area is 228 Å². The summed E-state index contributed by atoms with van der Waals surface area (Å²) < 4.78 is 4.98. The van der Waals surface area contributed by atoms with Gasteiger partial charge in [-0.15, -0.1) is 11.3 Å². The third kappa shape index (κ3) is 5.51. The highest BCUT2D eigenvalue weighted by molar-refractivity contribution is 7.14. The van der Waals surface area contributed by atoms with E-state index in [0.29, 0.717) is 41.8 Å². The van der Waals surface area contributed by atoms with Gasteiger partial charge in [0.05, 0.1) is 6.61 Å². The van der Waals surface area contributed by atoms with Gasteiger partial charge in [-0.2, -0.15) is 0 Å². The second-order valence-electron chi connectivity index (χ2n) is 11.7. The van der Waals surface area contributed by atoms with Crippen LogP contribution < -0.4 is 16.4 Å². The van der Waals surface area contributed by atoms with Crippen molar-refractivity contribution < 1.29 is 23.9 Å². The zero-order valence-corrected chi connectivity index (χ0v) is 23.6. The van der Waals surface area contributed by atoms with Gasteiger partial charge >= 0.3 is 5.97 Å². The maximum atomic E-state index is 12.9. The molecule has 2 heterocycles. The fourth-order valence-electron chi connectivity index (χ4n) is 7.80. The molecule has 0 spiro atoms. The van der Waals surface area contributed by atoms with Gasteiger partial charge in [0.1, 0.15) is 0 Å². The van der Waals surface area contributed by atoms with Crippen LogP contribution in [0.1, 0.15) is 83.1 Å². The number of thiazole rings is 1. The number of esters is 1. The van der Waals surface area contributed by atoms with Gasteiger partial charge in [0.2, 0.25) is 17.7 Å². The molecule has 0 bridgehead atoms. The molecule has 4 aliphatic rings. The molecule has 3 unspecified atom stereocenters. The van der Waals surface area contributed by atoms with Crippen LogP contribution in [0.3, 0.4) is 0 Å². The van der Waals surface area contributed by atoms with Crippen LogP contribution in [0.2, 0.25) is 0 Å².